The summed E-state index contributed by atoms with van der Waals surface area (Å²) in [4.78, 5) is 41.7. The Balaban J connectivity index is 0.910. The molecule has 2 saturated heterocycles. The quantitative estimate of drug-likeness (QED) is 0.0802. The van der Waals surface area contributed by atoms with E-state index < -0.39 is 20.9 Å². The summed E-state index contributed by atoms with van der Waals surface area (Å²) < 4.78 is 31.7. The summed E-state index contributed by atoms with van der Waals surface area (Å²) >= 11 is 6.26. The molecule has 2 aliphatic carbocycles. The molecule has 3 aromatic carbocycles. The number of fused-ring (bicyclic) bond motifs is 2. The number of nitrogens with one attached hydrogen (secondary N) is 3. The number of anilines is 2. The van der Waals surface area contributed by atoms with Crippen molar-refractivity contribution in [3.05, 3.63) is 117 Å². The van der Waals surface area contributed by atoms with E-state index in [0.717, 1.165) is 93.7 Å². The van der Waals surface area contributed by atoms with Crippen molar-refractivity contribution >= 4 is 72.2 Å². The van der Waals surface area contributed by atoms with Crippen molar-refractivity contribution in [3.8, 4) is 5.69 Å². The van der Waals surface area contributed by atoms with Crippen LogP contribution in [0.4, 0.5) is 17.1 Å². The predicted molar refractivity (Wildman–Crippen MR) is 250 cm³/mol. The number of aromatic nitrogens is 4. The summed E-state index contributed by atoms with van der Waals surface area (Å²) in [5, 5.41) is 20.3. The van der Waals surface area contributed by atoms with E-state index in [-0.39, 0.29) is 33.3 Å². The number of piperazine rings is 1. The second-order valence-corrected chi connectivity index (χ2v) is 20.6. The second kappa shape index (κ2) is 16.6. The standard InChI is InChI=1S/C47H51ClN10O5S/c1-47(2)16-13-32(39(26-47)30-3-5-33(48)6-4-30)28-54-19-21-55(22-20-54)36-9-11-38(42(24-36)57-43-23-31-14-17-49-45(31)52-41(43)27-50-57)46(59)53-64(62,63)37-10-12-40(44(25-37)58(60)61)51-34-15-18-56(29-34)35-7-8-35/h3-6,9-12,14,17,23-25,27,34-35,50-51H,7-8,13,15-16,18-22,26,28-29H2,1-2H3,(H,53,59). The lowest BCUT2D eigenvalue weighted by Crippen LogP contribution is -2.47. The van der Waals surface area contributed by atoms with E-state index in [1.807, 2.05) is 36.4 Å². The Hall–Kier alpha value is -5.81. The number of carbonyl (C=O) groups is 1. The van der Waals surface area contributed by atoms with Gasteiger partial charge in [-0.15, -0.1) is 0 Å². The average Bonchev–Trinajstić information content (AvgIpc) is 3.62. The molecular formula is C47H51ClN10O5S. The summed E-state index contributed by atoms with van der Waals surface area (Å²) in [7, 11) is -4.55. The summed E-state index contributed by atoms with van der Waals surface area (Å²) in [6, 6.07) is 21.7. The monoisotopic (exact) mass is 902 g/mol. The fraction of sp³-hybridized carbons (Fsp3) is 0.383. The number of pyridine rings is 1. The first kappa shape index (κ1) is 42.2. The largest absolute Gasteiger partial charge is 0.375 e. The Morgan fingerprint density at radius 2 is 1.78 bits per heavy atom. The molecule has 1 amide bonds. The van der Waals surface area contributed by atoms with Crippen LogP contribution in [0, 0.1) is 15.5 Å². The van der Waals surface area contributed by atoms with Crippen LogP contribution in [0.5, 0.6) is 0 Å². The molecule has 0 spiro atoms. The van der Waals surface area contributed by atoms with Gasteiger partial charge in [-0.05, 0) is 110 Å². The number of nitro groups is 1. The zero-order chi connectivity index (χ0) is 44.3. The van der Waals surface area contributed by atoms with E-state index >= 15 is 0 Å². The first-order valence-corrected chi connectivity index (χ1v) is 23.9. The molecule has 3 fully saturated rings. The van der Waals surface area contributed by atoms with Crippen molar-refractivity contribution in [2.45, 2.75) is 69.4 Å². The molecule has 10 rings (SSSR count). The molecule has 1 unspecified atom stereocenters. The number of carbonyl (C=O) groups excluding carboxylic acids is 1. The lowest BCUT2D eigenvalue weighted by Gasteiger charge is -2.39. The third-order valence-corrected chi connectivity index (χ3v) is 15.0. The third-order valence-electron chi connectivity index (χ3n) is 13.4. The first-order valence-electron chi connectivity index (χ1n) is 22.0. The zero-order valence-corrected chi connectivity index (χ0v) is 37.5. The molecule has 1 saturated carbocycles. The fourth-order valence-electron chi connectivity index (χ4n) is 9.69. The van der Waals surface area contributed by atoms with Gasteiger partial charge in [0.15, 0.2) is 5.65 Å². The molecule has 3 N–H and O–H groups in total. The Morgan fingerprint density at radius 1 is 0.984 bits per heavy atom. The number of sulfonamides is 1. The smallest absolute Gasteiger partial charge is 0.293 e. The molecule has 0 radical (unpaired) electrons. The van der Waals surface area contributed by atoms with Crippen LogP contribution >= 0.6 is 11.6 Å². The number of nitrogens with zero attached hydrogens (tertiary/aromatic N) is 7. The highest BCUT2D eigenvalue weighted by atomic mass is 35.5. The number of aromatic amines is 1. The summed E-state index contributed by atoms with van der Waals surface area (Å²) in [6.07, 6.45) is 9.80. The van der Waals surface area contributed by atoms with Crippen LogP contribution in [0.2, 0.25) is 5.02 Å². The molecule has 332 valence electrons. The van der Waals surface area contributed by atoms with Crippen LogP contribution in [0.1, 0.15) is 68.3 Å². The fourth-order valence-corrected chi connectivity index (χ4v) is 10.8. The van der Waals surface area contributed by atoms with Crippen molar-refractivity contribution in [3.63, 3.8) is 0 Å². The van der Waals surface area contributed by atoms with Crippen LogP contribution in [-0.4, -0.2) is 107 Å². The van der Waals surface area contributed by atoms with Crippen molar-refractivity contribution in [2.75, 3.05) is 56.0 Å². The first-order chi connectivity index (χ1) is 30.8. The lowest BCUT2D eigenvalue weighted by molar-refractivity contribution is -0.384. The Bertz CT molecular complexity index is 2930. The number of hydrogen-bond acceptors (Lipinski definition) is 11. The summed E-state index contributed by atoms with van der Waals surface area (Å²) in [5.74, 6) is -0.887. The van der Waals surface area contributed by atoms with Crippen LogP contribution < -0.4 is 14.9 Å². The van der Waals surface area contributed by atoms with Gasteiger partial charge >= 0.3 is 0 Å². The maximum absolute atomic E-state index is 14.2. The second-order valence-electron chi connectivity index (χ2n) is 18.5. The van der Waals surface area contributed by atoms with Crippen molar-refractivity contribution in [1.82, 2.24) is 34.3 Å². The minimum Gasteiger partial charge on any atom is -0.375 e. The molecule has 6 aromatic rings. The predicted octanol–water partition coefficient (Wildman–Crippen LogP) is 8.02. The number of nitro benzene ring substituents is 1. The van der Waals surface area contributed by atoms with E-state index in [0.29, 0.717) is 28.4 Å². The van der Waals surface area contributed by atoms with Crippen LogP contribution in [0.15, 0.2) is 95.7 Å². The topological polar surface area (TPSA) is 175 Å². The number of H-pyrrole nitrogens is 1. The van der Waals surface area contributed by atoms with E-state index in [1.54, 1.807) is 23.1 Å². The van der Waals surface area contributed by atoms with E-state index in [4.69, 9.17) is 16.6 Å². The molecule has 2 aliphatic heterocycles. The van der Waals surface area contributed by atoms with Gasteiger partial charge < -0.3 is 10.2 Å². The van der Waals surface area contributed by atoms with Crippen molar-refractivity contribution < 1.29 is 18.1 Å². The van der Waals surface area contributed by atoms with Gasteiger partial charge in [-0.2, -0.15) is 0 Å². The van der Waals surface area contributed by atoms with Crippen LogP contribution in [0.25, 0.3) is 33.3 Å². The Kier molecular flexibility index (Phi) is 11.0. The summed E-state index contributed by atoms with van der Waals surface area (Å²) in [6.45, 7) is 10.4. The number of amides is 1. The van der Waals surface area contributed by atoms with Crippen molar-refractivity contribution in [2.24, 2.45) is 5.41 Å². The van der Waals surface area contributed by atoms with Gasteiger partial charge in [-0.25, -0.2) is 23.1 Å². The van der Waals surface area contributed by atoms with Gasteiger partial charge in [0, 0.05) is 92.5 Å². The van der Waals surface area contributed by atoms with E-state index in [9.17, 15) is 23.3 Å². The van der Waals surface area contributed by atoms with Crippen molar-refractivity contribution in [1.29, 1.82) is 0 Å². The van der Waals surface area contributed by atoms with Crippen LogP contribution in [-0.2, 0) is 10.0 Å². The van der Waals surface area contributed by atoms with Crippen LogP contribution in [0.3, 0.4) is 0 Å². The molecule has 4 aliphatic rings. The number of rotatable bonds is 12. The van der Waals surface area contributed by atoms with Gasteiger partial charge in [0.2, 0.25) is 0 Å². The summed E-state index contributed by atoms with van der Waals surface area (Å²) in [5.41, 5.74) is 7.45. The Morgan fingerprint density at radius 3 is 2.55 bits per heavy atom. The normalized spacial score (nSPS) is 19.7. The molecule has 3 aromatic heterocycles. The minimum absolute atomic E-state index is 0.0102. The number of allylic oxidation sites excluding steroid dienone is 1. The molecular weight excluding hydrogens is 852 g/mol. The lowest BCUT2D eigenvalue weighted by atomic mass is 9.72. The number of likely N-dealkylation sites (tertiary alicyclic amines) is 1. The van der Waals surface area contributed by atoms with Gasteiger partial charge in [-0.1, -0.05) is 43.2 Å². The molecule has 1 atom stereocenters. The minimum atomic E-state index is -4.55. The van der Waals surface area contributed by atoms with Gasteiger partial charge in [-0.3, -0.25) is 34.5 Å². The number of hydrogen-bond donors (Lipinski definition) is 3. The van der Waals surface area contributed by atoms with Gasteiger partial charge in [0.25, 0.3) is 21.6 Å². The Labute approximate surface area is 376 Å². The maximum Gasteiger partial charge on any atom is 0.293 e. The van der Waals surface area contributed by atoms with Gasteiger partial charge in [0.05, 0.1) is 26.6 Å². The molecule has 64 heavy (non-hydrogen) atoms. The number of halogens is 1. The maximum atomic E-state index is 14.2. The molecule has 5 heterocycles. The molecule has 17 heteroatoms. The highest BCUT2D eigenvalue weighted by Gasteiger charge is 2.36. The van der Waals surface area contributed by atoms with E-state index in [2.05, 4.69) is 60.8 Å². The van der Waals surface area contributed by atoms with Gasteiger partial charge in [0.1, 0.15) is 11.2 Å². The highest BCUT2D eigenvalue weighted by molar-refractivity contribution is 7.90. The third kappa shape index (κ3) is 8.59. The SMILES string of the molecule is CC1(C)CCC(CN2CCN(c3ccc(C(=O)NS(=O)(=O)c4ccc(NC5CCN(C6CC6)C5)c([N+](=O)[O-])c4)c(-n4[nH]cc5nc6nccc6cc54)c3)CC2)=C(c2ccc(Cl)cc2)C1. The molecule has 15 nitrogen and oxygen atoms in total. The zero-order valence-electron chi connectivity index (χ0n) is 35.9. The average molecular weight is 904 g/mol. The molecule has 0 bridgehead atoms. The highest BCUT2D eigenvalue weighted by Crippen LogP contribution is 2.43. The van der Waals surface area contributed by atoms with E-state index in [1.165, 1.54) is 41.7 Å². The number of benzene rings is 3.